The average molecular weight is 217 g/mol. The number of carboxylic acids is 1. The zero-order chi connectivity index (χ0) is 11.1. The van der Waals surface area contributed by atoms with Crippen molar-refractivity contribution in [2.75, 3.05) is 6.54 Å². The lowest BCUT2D eigenvalue weighted by atomic mass is 9.93. The van der Waals surface area contributed by atoms with Crippen LogP contribution in [0.2, 0.25) is 0 Å². The van der Waals surface area contributed by atoms with Gasteiger partial charge in [-0.15, -0.1) is 0 Å². The van der Waals surface area contributed by atoms with E-state index in [0.29, 0.717) is 0 Å². The molecular formula is C11H11N3O2. The number of nitrogens with zero attached hydrogens (tertiary/aromatic N) is 1. The zero-order valence-corrected chi connectivity index (χ0v) is 8.58. The average Bonchev–Trinajstić information content (AvgIpc) is 2.76. The molecule has 82 valence electrons. The Kier molecular flexibility index (Phi) is 1.94. The molecule has 3 rings (SSSR count). The molecule has 1 aromatic heterocycles. The molecule has 5 heteroatoms. The topological polar surface area (TPSA) is 74.2 Å². The molecule has 0 bridgehead atoms. The number of rotatable bonds is 1. The van der Waals surface area contributed by atoms with Crippen LogP contribution < -0.4 is 10.9 Å². The van der Waals surface area contributed by atoms with Gasteiger partial charge in [-0.3, -0.25) is 0 Å². The molecule has 0 unspecified atom stereocenters. The third kappa shape index (κ3) is 1.29. The summed E-state index contributed by atoms with van der Waals surface area (Å²) in [7, 11) is 0. The molecule has 1 aliphatic heterocycles. The molecule has 0 amide bonds. The van der Waals surface area contributed by atoms with Gasteiger partial charge in [0.2, 0.25) is 0 Å². The summed E-state index contributed by atoms with van der Waals surface area (Å²) in [5, 5.41) is 8.87. The Hall–Kier alpha value is -1.88. The maximum atomic E-state index is 10.8. The molecule has 1 aliphatic carbocycles. The monoisotopic (exact) mass is 217 g/mol. The molecule has 2 heterocycles. The van der Waals surface area contributed by atoms with Crippen molar-refractivity contribution in [3.8, 4) is 0 Å². The van der Waals surface area contributed by atoms with Crippen LogP contribution >= 0.6 is 0 Å². The van der Waals surface area contributed by atoms with Gasteiger partial charge >= 0.3 is 5.97 Å². The van der Waals surface area contributed by atoms with E-state index in [1.165, 1.54) is 5.57 Å². The van der Waals surface area contributed by atoms with Crippen molar-refractivity contribution >= 4 is 11.7 Å². The first-order chi connectivity index (χ1) is 7.75. The predicted octanol–water partition coefficient (Wildman–Crippen LogP) is 0.545. The normalized spacial score (nSPS) is 17.8. The van der Waals surface area contributed by atoms with Crippen LogP contribution in [0.3, 0.4) is 0 Å². The summed E-state index contributed by atoms with van der Waals surface area (Å²) < 4.78 is 0. The highest BCUT2D eigenvalue weighted by Crippen LogP contribution is 2.30. The molecule has 16 heavy (non-hydrogen) atoms. The van der Waals surface area contributed by atoms with Crippen molar-refractivity contribution in [3.05, 3.63) is 34.7 Å². The molecule has 0 saturated carbocycles. The fraction of sp³-hybridized carbons (Fsp3) is 0.273. The van der Waals surface area contributed by atoms with E-state index in [1.807, 2.05) is 6.07 Å². The maximum Gasteiger partial charge on any atom is 0.354 e. The highest BCUT2D eigenvalue weighted by molar-refractivity contribution is 5.86. The minimum absolute atomic E-state index is 0.119. The number of pyridine rings is 1. The van der Waals surface area contributed by atoms with E-state index in [-0.39, 0.29) is 5.69 Å². The second-order valence-electron chi connectivity index (χ2n) is 3.95. The Morgan fingerprint density at radius 1 is 1.38 bits per heavy atom. The maximum absolute atomic E-state index is 10.8. The second-order valence-corrected chi connectivity index (χ2v) is 3.95. The van der Waals surface area contributed by atoms with E-state index in [0.717, 1.165) is 36.3 Å². The van der Waals surface area contributed by atoms with E-state index < -0.39 is 5.97 Å². The Bertz CT molecular complexity index is 508. The fourth-order valence-electron chi connectivity index (χ4n) is 2.20. The minimum atomic E-state index is -0.972. The minimum Gasteiger partial charge on any atom is -0.477 e. The SMILES string of the molecule is O=C(O)c1ccc2c(n1)CCC1=C2NNC1. The fourth-order valence-corrected chi connectivity index (χ4v) is 2.20. The van der Waals surface area contributed by atoms with Crippen LogP contribution in [0.4, 0.5) is 0 Å². The molecule has 3 N–H and O–H groups in total. The summed E-state index contributed by atoms with van der Waals surface area (Å²) >= 11 is 0. The lowest BCUT2D eigenvalue weighted by Gasteiger charge is -2.17. The standard InChI is InChI=1S/C11H11N3O2/c15-11(16)9-4-2-7-8(13-9)3-1-6-5-12-14-10(6)7/h2,4,12,14H,1,3,5H2,(H,15,16). The van der Waals surface area contributed by atoms with Gasteiger partial charge in [-0.05, 0) is 30.5 Å². The number of aromatic nitrogens is 1. The Balaban J connectivity index is 2.10. The van der Waals surface area contributed by atoms with E-state index >= 15 is 0 Å². The van der Waals surface area contributed by atoms with Gasteiger partial charge < -0.3 is 10.5 Å². The molecule has 0 aromatic carbocycles. The first kappa shape index (κ1) is 9.35. The molecule has 0 saturated heterocycles. The summed E-state index contributed by atoms with van der Waals surface area (Å²) in [6, 6.07) is 3.39. The number of carbonyl (C=O) groups is 1. The number of hydrogen-bond donors (Lipinski definition) is 3. The van der Waals surface area contributed by atoms with Gasteiger partial charge in [0.15, 0.2) is 0 Å². The highest BCUT2D eigenvalue weighted by Gasteiger charge is 2.24. The molecular weight excluding hydrogens is 206 g/mol. The molecule has 5 nitrogen and oxygen atoms in total. The number of aromatic carboxylic acids is 1. The van der Waals surface area contributed by atoms with E-state index in [2.05, 4.69) is 15.8 Å². The number of nitrogens with one attached hydrogen (secondary N) is 2. The molecule has 0 fully saturated rings. The highest BCUT2D eigenvalue weighted by atomic mass is 16.4. The number of hydrogen-bond acceptors (Lipinski definition) is 4. The number of carboxylic acid groups (broad SMARTS) is 1. The first-order valence-electron chi connectivity index (χ1n) is 5.20. The third-order valence-corrected chi connectivity index (χ3v) is 2.99. The van der Waals surface area contributed by atoms with Gasteiger partial charge in [-0.1, -0.05) is 0 Å². The van der Waals surface area contributed by atoms with Crippen LogP contribution in [0, 0.1) is 0 Å². The molecule has 0 radical (unpaired) electrons. The summed E-state index contributed by atoms with van der Waals surface area (Å²) in [6.07, 6.45) is 1.76. The summed E-state index contributed by atoms with van der Waals surface area (Å²) in [5.41, 5.74) is 10.6. The number of hydrazine groups is 1. The van der Waals surface area contributed by atoms with E-state index in [9.17, 15) is 4.79 Å². The quantitative estimate of drug-likeness (QED) is 0.640. The predicted molar refractivity (Wildman–Crippen MR) is 57.6 cm³/mol. The Morgan fingerprint density at radius 3 is 3.06 bits per heavy atom. The molecule has 1 aromatic rings. The van der Waals surface area contributed by atoms with Crippen LogP contribution in [-0.2, 0) is 6.42 Å². The zero-order valence-electron chi connectivity index (χ0n) is 8.58. The van der Waals surface area contributed by atoms with Crippen molar-refractivity contribution in [1.29, 1.82) is 0 Å². The Morgan fingerprint density at radius 2 is 2.25 bits per heavy atom. The van der Waals surface area contributed by atoms with Crippen molar-refractivity contribution in [2.45, 2.75) is 12.8 Å². The van der Waals surface area contributed by atoms with Crippen molar-refractivity contribution in [2.24, 2.45) is 0 Å². The Labute approximate surface area is 92.2 Å². The van der Waals surface area contributed by atoms with Gasteiger partial charge in [0.25, 0.3) is 0 Å². The molecule has 2 aliphatic rings. The second kappa shape index (κ2) is 3.31. The lowest BCUT2D eigenvalue weighted by Crippen LogP contribution is -2.23. The van der Waals surface area contributed by atoms with Crippen LogP contribution in [0.15, 0.2) is 17.7 Å². The van der Waals surface area contributed by atoms with E-state index in [4.69, 9.17) is 5.11 Å². The summed E-state index contributed by atoms with van der Waals surface area (Å²) in [4.78, 5) is 15.0. The van der Waals surface area contributed by atoms with Gasteiger partial charge in [0.05, 0.1) is 11.4 Å². The summed E-state index contributed by atoms with van der Waals surface area (Å²) in [5.74, 6) is -0.972. The molecule has 0 atom stereocenters. The van der Waals surface area contributed by atoms with Crippen LogP contribution in [0.1, 0.15) is 28.2 Å². The van der Waals surface area contributed by atoms with E-state index in [1.54, 1.807) is 6.07 Å². The van der Waals surface area contributed by atoms with Gasteiger partial charge in [0, 0.05) is 12.1 Å². The lowest BCUT2D eigenvalue weighted by molar-refractivity contribution is 0.0690. The van der Waals surface area contributed by atoms with Crippen LogP contribution in [0.5, 0.6) is 0 Å². The van der Waals surface area contributed by atoms with Gasteiger partial charge in [0.1, 0.15) is 5.69 Å². The van der Waals surface area contributed by atoms with Crippen molar-refractivity contribution in [1.82, 2.24) is 15.8 Å². The van der Waals surface area contributed by atoms with Gasteiger partial charge in [-0.25, -0.2) is 15.2 Å². The van der Waals surface area contributed by atoms with Crippen molar-refractivity contribution in [3.63, 3.8) is 0 Å². The summed E-state index contributed by atoms with van der Waals surface area (Å²) in [6.45, 7) is 0.857. The van der Waals surface area contributed by atoms with Crippen LogP contribution in [0.25, 0.3) is 5.70 Å². The molecule has 0 spiro atoms. The number of fused-ring (bicyclic) bond motifs is 2. The van der Waals surface area contributed by atoms with Crippen LogP contribution in [-0.4, -0.2) is 22.6 Å². The first-order valence-corrected chi connectivity index (χ1v) is 5.20. The van der Waals surface area contributed by atoms with Gasteiger partial charge in [-0.2, -0.15) is 0 Å². The van der Waals surface area contributed by atoms with Crippen molar-refractivity contribution < 1.29 is 9.90 Å². The largest absolute Gasteiger partial charge is 0.477 e. The third-order valence-electron chi connectivity index (χ3n) is 2.99. The smallest absolute Gasteiger partial charge is 0.354 e. The number of aryl methyl sites for hydroxylation is 1.